The molecule has 0 bridgehead atoms. The van der Waals surface area contributed by atoms with Gasteiger partial charge in [0.1, 0.15) is 6.04 Å². The minimum absolute atomic E-state index is 0.0542. The Morgan fingerprint density at radius 1 is 0.831 bits per heavy atom. The van der Waals surface area contributed by atoms with Gasteiger partial charge in [0.25, 0.3) is 17.7 Å². The summed E-state index contributed by atoms with van der Waals surface area (Å²) < 4.78 is 1.98. The van der Waals surface area contributed by atoms with Crippen LogP contribution in [0.15, 0.2) is 91.3 Å². The molecule has 2 saturated heterocycles. The first kappa shape index (κ1) is 43.2. The van der Waals surface area contributed by atoms with E-state index in [9.17, 15) is 28.8 Å². The molecule has 0 spiro atoms. The predicted molar refractivity (Wildman–Crippen MR) is 246 cm³/mol. The zero-order chi connectivity index (χ0) is 45.2. The third kappa shape index (κ3) is 9.04. The van der Waals surface area contributed by atoms with E-state index in [1.807, 2.05) is 62.9 Å². The molecule has 1 unspecified atom stereocenters. The number of benzene rings is 4. The number of imidazole rings is 1. The van der Waals surface area contributed by atoms with Gasteiger partial charge in [0, 0.05) is 84.1 Å². The molecule has 1 atom stereocenters. The van der Waals surface area contributed by atoms with Gasteiger partial charge in [-0.2, -0.15) is 5.10 Å². The summed E-state index contributed by atoms with van der Waals surface area (Å²) in [4.78, 5) is 86.6. The van der Waals surface area contributed by atoms with Crippen LogP contribution in [0, 0.1) is 0 Å². The molecule has 65 heavy (non-hydrogen) atoms. The molecular weight excluding hydrogens is 871 g/mol. The van der Waals surface area contributed by atoms with Crippen molar-refractivity contribution in [1.82, 2.24) is 34.9 Å². The number of halogens is 2. The van der Waals surface area contributed by atoms with Crippen LogP contribution in [0.5, 0.6) is 0 Å². The average molecular weight is 916 g/mol. The molecule has 4 N–H and O–H groups in total. The van der Waals surface area contributed by atoms with E-state index in [2.05, 4.69) is 31.1 Å². The molecular formula is C47H44Cl2N10O6. The lowest BCUT2D eigenvalue weighted by atomic mass is 10.0. The number of carbonyl (C=O) groups is 6. The predicted octanol–water partition coefficient (Wildman–Crippen LogP) is 6.76. The topological polar surface area (TPSA) is 195 Å². The molecule has 5 heterocycles. The summed E-state index contributed by atoms with van der Waals surface area (Å²) >= 11 is 12.9. The highest BCUT2D eigenvalue weighted by Crippen LogP contribution is 2.35. The number of unbranched alkanes of at least 4 members (excludes halogenated alkanes) is 2. The Bertz CT molecular complexity index is 2830. The maximum atomic E-state index is 13.6. The molecule has 0 radical (unpaired) electrons. The fourth-order valence-electron chi connectivity index (χ4n) is 8.59. The van der Waals surface area contributed by atoms with Crippen molar-refractivity contribution >= 4 is 86.9 Å². The number of fused-ring (bicyclic) bond motifs is 2. The molecule has 0 saturated carbocycles. The Balaban J connectivity index is 0.695. The number of amides is 6. The van der Waals surface area contributed by atoms with E-state index in [-0.39, 0.29) is 35.8 Å². The van der Waals surface area contributed by atoms with Gasteiger partial charge in [0.2, 0.25) is 17.7 Å². The summed E-state index contributed by atoms with van der Waals surface area (Å²) in [5, 5.41) is 17.0. The molecule has 6 amide bonds. The molecule has 332 valence electrons. The Hall–Kier alpha value is -7.04. The fraction of sp³-hybridized carbons (Fsp3) is 0.277. The van der Waals surface area contributed by atoms with Crippen molar-refractivity contribution in [1.29, 1.82) is 0 Å². The summed E-state index contributed by atoms with van der Waals surface area (Å²) in [5.41, 5.74) is 6.57. The molecule has 4 aromatic carbocycles. The summed E-state index contributed by atoms with van der Waals surface area (Å²) in [5.74, 6) is -1.98. The van der Waals surface area contributed by atoms with Gasteiger partial charge in [-0.1, -0.05) is 47.8 Å². The minimum atomic E-state index is -1.03. The molecule has 3 aliphatic rings. The number of imide groups is 2. The Morgan fingerprint density at radius 2 is 1.60 bits per heavy atom. The number of nitrogens with zero attached hydrogens (tertiary/aromatic N) is 6. The number of carbonyl (C=O) groups excluding carboxylic acids is 6. The van der Waals surface area contributed by atoms with E-state index in [1.54, 1.807) is 42.7 Å². The van der Waals surface area contributed by atoms with Crippen LogP contribution < -0.4 is 20.9 Å². The van der Waals surface area contributed by atoms with Crippen LogP contribution in [0.4, 0.5) is 17.2 Å². The number of aromatic nitrogens is 4. The van der Waals surface area contributed by atoms with Crippen molar-refractivity contribution in [3.63, 3.8) is 0 Å². The van der Waals surface area contributed by atoms with Crippen molar-refractivity contribution in [2.75, 3.05) is 48.3 Å². The third-order valence-corrected chi connectivity index (χ3v) is 12.8. The first-order valence-electron chi connectivity index (χ1n) is 21.5. The van der Waals surface area contributed by atoms with Crippen molar-refractivity contribution in [2.24, 2.45) is 0 Å². The van der Waals surface area contributed by atoms with Crippen LogP contribution >= 0.6 is 23.2 Å². The van der Waals surface area contributed by atoms with E-state index >= 15 is 0 Å². The van der Waals surface area contributed by atoms with Crippen LogP contribution in [0.3, 0.4) is 0 Å². The van der Waals surface area contributed by atoms with Gasteiger partial charge in [0.15, 0.2) is 5.82 Å². The van der Waals surface area contributed by atoms with Gasteiger partial charge in [-0.25, -0.2) is 4.98 Å². The molecule has 9 rings (SSSR count). The van der Waals surface area contributed by atoms with E-state index in [0.29, 0.717) is 72.8 Å². The van der Waals surface area contributed by atoms with Crippen LogP contribution in [-0.2, 0) is 20.9 Å². The molecule has 6 aromatic rings. The highest BCUT2D eigenvalue weighted by Gasteiger charge is 2.46. The Labute approximate surface area is 383 Å². The maximum Gasteiger partial charge on any atom is 0.264 e. The minimum Gasteiger partial charge on any atom is -0.385 e. The number of piperidine rings is 1. The Morgan fingerprint density at radius 3 is 2.37 bits per heavy atom. The van der Waals surface area contributed by atoms with Crippen LogP contribution in [0.1, 0.15) is 75.2 Å². The lowest BCUT2D eigenvalue weighted by molar-refractivity contribution is -0.136. The van der Waals surface area contributed by atoms with Gasteiger partial charge in [-0.05, 0) is 79.9 Å². The van der Waals surface area contributed by atoms with Gasteiger partial charge >= 0.3 is 0 Å². The van der Waals surface area contributed by atoms with Gasteiger partial charge in [0.05, 0.1) is 46.4 Å². The van der Waals surface area contributed by atoms with E-state index < -0.39 is 29.7 Å². The summed E-state index contributed by atoms with van der Waals surface area (Å²) in [6, 6.07) is 24.3. The maximum absolute atomic E-state index is 13.6. The second kappa shape index (κ2) is 18.6. The second-order valence-electron chi connectivity index (χ2n) is 16.2. The normalized spacial score (nSPS) is 16.3. The monoisotopic (exact) mass is 914 g/mol. The highest BCUT2D eigenvalue weighted by molar-refractivity contribution is 6.36. The SMILES string of the molecule is O=C1CCC(N2C(=O)c3cccc(N4CCN(C(=O)CCCCCNc5ccc(C(=O)Nc6cc(-c7ccc8ncn(Cc9c(Cl)cccc9Cl)c8c7)[nH]n6)cc5)CC4)c3C2=O)C(=O)N1. The van der Waals surface area contributed by atoms with Crippen molar-refractivity contribution in [3.05, 3.63) is 124 Å². The molecule has 2 aromatic heterocycles. The van der Waals surface area contributed by atoms with Crippen LogP contribution in [0.2, 0.25) is 10.0 Å². The lowest BCUT2D eigenvalue weighted by Gasteiger charge is -2.37. The average Bonchev–Trinajstić information content (AvgIpc) is 4.02. The van der Waals surface area contributed by atoms with E-state index in [1.165, 1.54) is 0 Å². The highest BCUT2D eigenvalue weighted by atomic mass is 35.5. The zero-order valence-electron chi connectivity index (χ0n) is 35.1. The largest absolute Gasteiger partial charge is 0.385 e. The molecule has 18 heteroatoms. The van der Waals surface area contributed by atoms with E-state index in [0.717, 1.165) is 57.7 Å². The summed E-state index contributed by atoms with van der Waals surface area (Å²) in [6.07, 6.45) is 4.79. The van der Waals surface area contributed by atoms with Gasteiger partial charge < -0.3 is 25.0 Å². The zero-order valence-corrected chi connectivity index (χ0v) is 36.6. The smallest absolute Gasteiger partial charge is 0.264 e. The number of rotatable bonds is 14. The summed E-state index contributed by atoms with van der Waals surface area (Å²) in [7, 11) is 0. The van der Waals surface area contributed by atoms with Crippen molar-refractivity contribution in [2.45, 2.75) is 51.1 Å². The number of H-pyrrole nitrogens is 1. The fourth-order valence-corrected chi connectivity index (χ4v) is 9.11. The van der Waals surface area contributed by atoms with Crippen LogP contribution in [0.25, 0.3) is 22.3 Å². The second-order valence-corrected chi connectivity index (χ2v) is 17.0. The number of aromatic amines is 1. The number of nitrogens with one attached hydrogen (secondary N) is 4. The van der Waals surface area contributed by atoms with Gasteiger partial charge in [-0.15, -0.1) is 0 Å². The standard InChI is InChI=1S/C47H44Cl2N10O6/c48-33-7-5-8-34(49)32(33)26-58-27-51-35-16-13-29(24-39(35)58)36-25-40(55-54-36)52-44(62)28-11-14-30(15-12-28)50-19-3-1-2-10-42(61)57-22-20-56(21-23-57)37-9-4-6-31-43(37)47(65)59(46(31)64)38-17-18-41(60)53-45(38)63/h4-9,11-16,24-25,27,38,50H,1-3,10,17-23,26H2,(H,53,60,63)(H2,52,54,55,62). The van der Waals surface area contributed by atoms with Crippen molar-refractivity contribution < 1.29 is 28.8 Å². The third-order valence-electron chi connectivity index (χ3n) is 12.1. The first-order chi connectivity index (χ1) is 31.5. The summed E-state index contributed by atoms with van der Waals surface area (Å²) in [6.45, 7) is 3.10. The van der Waals surface area contributed by atoms with Crippen molar-refractivity contribution in [3.8, 4) is 11.3 Å². The molecule has 2 fully saturated rings. The number of hydrogen-bond acceptors (Lipinski definition) is 10. The molecule has 16 nitrogen and oxygen atoms in total. The van der Waals surface area contributed by atoms with Crippen LogP contribution in [-0.4, -0.2) is 104 Å². The number of hydrogen-bond donors (Lipinski definition) is 4. The number of piperazine rings is 1. The molecule has 3 aliphatic heterocycles. The Kier molecular flexibility index (Phi) is 12.4. The van der Waals surface area contributed by atoms with E-state index in [4.69, 9.17) is 23.2 Å². The molecule has 0 aliphatic carbocycles. The first-order valence-corrected chi connectivity index (χ1v) is 22.2. The lowest BCUT2D eigenvalue weighted by Crippen LogP contribution is -2.54. The van der Waals surface area contributed by atoms with Gasteiger partial charge in [-0.3, -0.25) is 44.1 Å². The number of anilines is 3. The quantitative estimate of drug-likeness (QED) is 0.0671.